The second-order valence-electron chi connectivity index (χ2n) is 3.13. The maximum absolute atomic E-state index is 12.0. The van der Waals surface area contributed by atoms with Crippen LogP contribution in [0.4, 0.5) is 0 Å². The summed E-state index contributed by atoms with van der Waals surface area (Å²) in [6.45, 7) is 0. The SMILES string of the molecule is O=S(=O)(c1ccccc1)c1ccccc1.[CaH2]. The van der Waals surface area contributed by atoms with Crippen LogP contribution in [0.2, 0.25) is 0 Å². The van der Waals surface area contributed by atoms with E-state index >= 15 is 0 Å². The molecule has 0 fully saturated rings. The summed E-state index contributed by atoms with van der Waals surface area (Å²) in [5.74, 6) is 0. The van der Waals surface area contributed by atoms with Crippen LogP contribution in [0.5, 0.6) is 0 Å². The fraction of sp³-hybridized carbons (Fsp3) is 0. The monoisotopic (exact) mass is 260 g/mol. The van der Waals surface area contributed by atoms with Crippen molar-refractivity contribution in [2.45, 2.75) is 9.79 Å². The van der Waals surface area contributed by atoms with Crippen LogP contribution in [0, 0.1) is 0 Å². The standard InChI is InChI=1S/C12H10O2S.Ca.2H/c13-15(14,11-7-3-1-4-8-11)12-9-5-2-6-10-12;;;/h1-10H;;;. The summed E-state index contributed by atoms with van der Waals surface area (Å²) in [5, 5.41) is 0. The predicted molar refractivity (Wildman–Crippen MR) is 66.9 cm³/mol. The van der Waals surface area contributed by atoms with E-state index in [-0.39, 0.29) is 37.7 Å². The third-order valence-corrected chi connectivity index (χ3v) is 3.89. The van der Waals surface area contributed by atoms with Crippen LogP contribution in [0.3, 0.4) is 0 Å². The van der Waals surface area contributed by atoms with Crippen LogP contribution < -0.4 is 0 Å². The van der Waals surface area contributed by atoms with Crippen molar-refractivity contribution in [3.63, 3.8) is 0 Å². The normalized spacial score (nSPS) is 10.5. The van der Waals surface area contributed by atoms with E-state index in [1.165, 1.54) is 0 Å². The fourth-order valence-corrected chi connectivity index (χ4v) is 2.64. The summed E-state index contributed by atoms with van der Waals surface area (Å²) in [7, 11) is -3.34. The topological polar surface area (TPSA) is 34.1 Å². The average molecular weight is 260 g/mol. The molecule has 0 aliphatic carbocycles. The predicted octanol–water partition coefficient (Wildman–Crippen LogP) is 1.60. The molecule has 0 radical (unpaired) electrons. The Balaban J connectivity index is 0.00000128. The molecule has 2 aromatic rings. The van der Waals surface area contributed by atoms with Crippen molar-refractivity contribution in [3.05, 3.63) is 60.7 Å². The Morgan fingerprint density at radius 1 is 0.625 bits per heavy atom. The van der Waals surface area contributed by atoms with E-state index in [0.717, 1.165) is 0 Å². The number of hydrogen-bond acceptors (Lipinski definition) is 2. The van der Waals surface area contributed by atoms with Crippen LogP contribution >= 0.6 is 0 Å². The van der Waals surface area contributed by atoms with Gasteiger partial charge < -0.3 is 0 Å². The van der Waals surface area contributed by atoms with Crippen molar-refractivity contribution >= 4 is 47.6 Å². The van der Waals surface area contributed by atoms with Gasteiger partial charge in [-0.3, -0.25) is 0 Å². The van der Waals surface area contributed by atoms with Gasteiger partial charge in [0, 0.05) is 0 Å². The number of benzene rings is 2. The molecule has 2 rings (SSSR count). The Labute approximate surface area is 125 Å². The second-order valence-corrected chi connectivity index (χ2v) is 5.08. The number of sulfone groups is 1. The number of hydrogen-bond donors (Lipinski definition) is 0. The van der Waals surface area contributed by atoms with Gasteiger partial charge in [-0.1, -0.05) is 36.4 Å². The summed E-state index contributed by atoms with van der Waals surface area (Å²) in [6, 6.07) is 16.9. The Morgan fingerprint density at radius 2 is 0.938 bits per heavy atom. The molecule has 0 heterocycles. The average Bonchev–Trinajstić information content (AvgIpc) is 2.31. The van der Waals surface area contributed by atoms with Gasteiger partial charge in [-0.05, 0) is 24.3 Å². The summed E-state index contributed by atoms with van der Waals surface area (Å²) in [6.07, 6.45) is 0. The van der Waals surface area contributed by atoms with Crippen LogP contribution in [0.25, 0.3) is 0 Å². The van der Waals surface area contributed by atoms with E-state index in [1.54, 1.807) is 60.7 Å². The molecule has 80 valence electrons. The Kier molecular flexibility index (Phi) is 4.99. The molecule has 0 aliphatic rings. The third-order valence-electron chi connectivity index (χ3n) is 2.11. The van der Waals surface area contributed by atoms with E-state index in [0.29, 0.717) is 9.79 Å². The molecule has 0 spiro atoms. The Bertz CT molecular complexity index is 490. The molecule has 0 saturated carbocycles. The molecule has 0 aromatic heterocycles. The molecular weight excluding hydrogens is 248 g/mol. The zero-order valence-corrected chi connectivity index (χ0v) is 8.81. The van der Waals surface area contributed by atoms with Gasteiger partial charge in [0.1, 0.15) is 0 Å². The van der Waals surface area contributed by atoms with Crippen molar-refractivity contribution in [2.75, 3.05) is 0 Å². The molecule has 4 heteroatoms. The first-order chi connectivity index (χ1) is 7.21. The summed E-state index contributed by atoms with van der Waals surface area (Å²) in [4.78, 5) is 0.660. The first-order valence-electron chi connectivity index (χ1n) is 4.56. The molecule has 0 saturated heterocycles. The van der Waals surface area contributed by atoms with Gasteiger partial charge in [-0.25, -0.2) is 8.42 Å². The number of rotatable bonds is 2. The van der Waals surface area contributed by atoms with Gasteiger partial charge in [0.15, 0.2) is 0 Å². The molecular formula is C12H12CaO2S. The minimum absolute atomic E-state index is 0. The minimum atomic E-state index is -3.34. The molecule has 2 nitrogen and oxygen atoms in total. The van der Waals surface area contributed by atoms with Gasteiger partial charge in [-0.2, -0.15) is 0 Å². The maximum atomic E-state index is 12.0. The molecule has 0 atom stereocenters. The Hall–Kier alpha value is -0.350. The van der Waals surface area contributed by atoms with Crippen LogP contribution in [0.1, 0.15) is 0 Å². The molecule has 0 N–H and O–H groups in total. The van der Waals surface area contributed by atoms with Crippen molar-refractivity contribution in [1.29, 1.82) is 0 Å². The summed E-state index contributed by atoms with van der Waals surface area (Å²) < 4.78 is 24.1. The van der Waals surface area contributed by atoms with E-state index in [9.17, 15) is 8.42 Å². The van der Waals surface area contributed by atoms with Crippen molar-refractivity contribution < 1.29 is 8.42 Å². The van der Waals surface area contributed by atoms with Gasteiger partial charge in [-0.15, -0.1) is 0 Å². The van der Waals surface area contributed by atoms with Gasteiger partial charge in [0.05, 0.1) is 9.79 Å². The zero-order valence-electron chi connectivity index (χ0n) is 8.00. The van der Waals surface area contributed by atoms with Crippen LogP contribution in [-0.4, -0.2) is 46.2 Å². The Morgan fingerprint density at radius 3 is 1.25 bits per heavy atom. The first kappa shape index (κ1) is 13.7. The van der Waals surface area contributed by atoms with E-state index < -0.39 is 9.84 Å². The van der Waals surface area contributed by atoms with Crippen LogP contribution in [-0.2, 0) is 9.84 Å². The van der Waals surface area contributed by atoms with Gasteiger partial charge >= 0.3 is 37.7 Å². The van der Waals surface area contributed by atoms with Gasteiger partial charge in [0.25, 0.3) is 0 Å². The molecule has 0 aliphatic heterocycles. The van der Waals surface area contributed by atoms with E-state index in [1.807, 2.05) is 0 Å². The fourth-order valence-electron chi connectivity index (χ4n) is 1.34. The zero-order chi connectivity index (χ0) is 10.7. The van der Waals surface area contributed by atoms with Crippen molar-refractivity contribution in [3.8, 4) is 0 Å². The summed E-state index contributed by atoms with van der Waals surface area (Å²) in [5.41, 5.74) is 0. The second kappa shape index (κ2) is 5.82. The van der Waals surface area contributed by atoms with Crippen molar-refractivity contribution in [1.82, 2.24) is 0 Å². The third kappa shape index (κ3) is 2.86. The molecule has 2 aromatic carbocycles. The summed E-state index contributed by atoms with van der Waals surface area (Å²) >= 11 is 0. The molecule has 0 bridgehead atoms. The first-order valence-corrected chi connectivity index (χ1v) is 6.05. The van der Waals surface area contributed by atoms with Crippen molar-refractivity contribution in [2.24, 2.45) is 0 Å². The van der Waals surface area contributed by atoms with E-state index in [4.69, 9.17) is 0 Å². The van der Waals surface area contributed by atoms with Crippen LogP contribution in [0.15, 0.2) is 70.5 Å². The van der Waals surface area contributed by atoms with Gasteiger partial charge in [0.2, 0.25) is 9.84 Å². The quantitative estimate of drug-likeness (QED) is 0.769. The molecule has 16 heavy (non-hydrogen) atoms. The molecule has 0 amide bonds. The molecule has 0 unspecified atom stereocenters. The van der Waals surface area contributed by atoms with E-state index in [2.05, 4.69) is 0 Å².